The van der Waals surface area contributed by atoms with Crippen molar-refractivity contribution in [2.45, 2.75) is 0 Å². The van der Waals surface area contributed by atoms with Crippen LogP contribution in [0.1, 0.15) is 0 Å². The topological polar surface area (TPSA) is 66.4 Å². The first kappa shape index (κ1) is 16.6. The van der Waals surface area contributed by atoms with E-state index in [-0.39, 0.29) is 5.75 Å². The van der Waals surface area contributed by atoms with Gasteiger partial charge in [0.05, 0.1) is 46.7 Å². The number of ether oxygens (including phenoxy) is 5. The Morgan fingerprint density at radius 2 is 0.913 bits per heavy atom. The zero-order valence-electron chi connectivity index (χ0n) is 13.8. The van der Waals surface area contributed by atoms with Crippen molar-refractivity contribution >= 4 is 0 Å². The Balaban J connectivity index is 2.85. The molecule has 124 valence electrons. The maximum absolute atomic E-state index is 9.82. The first-order chi connectivity index (χ1) is 11.1. The summed E-state index contributed by atoms with van der Waals surface area (Å²) >= 11 is 0. The minimum absolute atomic E-state index is 0.0360. The smallest absolute Gasteiger partial charge is 0.134 e. The van der Waals surface area contributed by atoms with Gasteiger partial charge in [-0.05, 0) is 0 Å². The lowest BCUT2D eigenvalue weighted by Crippen LogP contribution is -1.99. The molecule has 0 amide bonds. The van der Waals surface area contributed by atoms with E-state index in [9.17, 15) is 5.11 Å². The number of benzene rings is 2. The molecular formula is C17H20O6. The molecule has 6 nitrogen and oxygen atoms in total. The van der Waals surface area contributed by atoms with Gasteiger partial charge in [0, 0.05) is 24.3 Å². The predicted octanol–water partition coefficient (Wildman–Crippen LogP) is 3.10. The van der Waals surface area contributed by atoms with Gasteiger partial charge in [-0.1, -0.05) is 0 Å². The predicted molar refractivity (Wildman–Crippen MR) is 86.3 cm³/mol. The molecule has 1 N–H and O–H groups in total. The zero-order valence-corrected chi connectivity index (χ0v) is 13.8. The van der Waals surface area contributed by atoms with E-state index in [0.717, 1.165) is 0 Å². The van der Waals surface area contributed by atoms with Crippen LogP contribution in [0.4, 0.5) is 0 Å². The summed E-state index contributed by atoms with van der Waals surface area (Å²) in [4.78, 5) is 0. The van der Waals surface area contributed by atoms with Crippen molar-refractivity contribution in [2.75, 3.05) is 35.5 Å². The summed E-state index contributed by atoms with van der Waals surface area (Å²) in [5.74, 6) is 2.56. The van der Waals surface area contributed by atoms with E-state index < -0.39 is 0 Å². The normalized spacial score (nSPS) is 10.1. The first-order valence-corrected chi connectivity index (χ1v) is 6.84. The van der Waals surface area contributed by atoms with Crippen molar-refractivity contribution < 1.29 is 28.8 Å². The van der Waals surface area contributed by atoms with Crippen molar-refractivity contribution in [3.05, 3.63) is 24.3 Å². The van der Waals surface area contributed by atoms with Gasteiger partial charge in [0.25, 0.3) is 0 Å². The number of rotatable bonds is 6. The van der Waals surface area contributed by atoms with Gasteiger partial charge in [0.1, 0.15) is 34.5 Å². The molecule has 0 bridgehead atoms. The highest BCUT2D eigenvalue weighted by atomic mass is 16.5. The molecule has 0 radical (unpaired) electrons. The van der Waals surface area contributed by atoms with Crippen molar-refractivity contribution in [2.24, 2.45) is 0 Å². The lowest BCUT2D eigenvalue weighted by atomic mass is 10.00. The zero-order chi connectivity index (χ0) is 17.0. The van der Waals surface area contributed by atoms with Gasteiger partial charge < -0.3 is 28.8 Å². The molecule has 23 heavy (non-hydrogen) atoms. The fourth-order valence-electron chi connectivity index (χ4n) is 2.40. The van der Waals surface area contributed by atoms with Gasteiger partial charge >= 0.3 is 0 Å². The Morgan fingerprint density at radius 1 is 0.565 bits per heavy atom. The standard InChI is InChI=1S/C17H20O6/c1-19-11-8-14(22-4)17(15(9-11)23-5)16-12(20-2)6-10(18)7-13(16)21-3/h6-9,18H,1-5H3. The Morgan fingerprint density at radius 3 is 1.22 bits per heavy atom. The summed E-state index contributed by atoms with van der Waals surface area (Å²) < 4.78 is 27.0. The Bertz CT molecular complexity index is 645. The van der Waals surface area contributed by atoms with Crippen LogP contribution in [0.3, 0.4) is 0 Å². The minimum Gasteiger partial charge on any atom is -0.508 e. The molecule has 0 aromatic heterocycles. The first-order valence-electron chi connectivity index (χ1n) is 6.84. The van der Waals surface area contributed by atoms with Crippen LogP contribution in [-0.2, 0) is 0 Å². The molecule has 6 heteroatoms. The average Bonchev–Trinajstić information content (AvgIpc) is 2.59. The molecule has 2 aromatic rings. The summed E-state index contributed by atoms with van der Waals surface area (Å²) in [6.07, 6.45) is 0. The van der Waals surface area contributed by atoms with Gasteiger partial charge in [0.15, 0.2) is 0 Å². The van der Waals surface area contributed by atoms with Gasteiger partial charge in [0.2, 0.25) is 0 Å². The summed E-state index contributed by atoms with van der Waals surface area (Å²) in [6.45, 7) is 0. The van der Waals surface area contributed by atoms with E-state index in [1.165, 1.54) is 26.4 Å². The highest BCUT2D eigenvalue weighted by molar-refractivity contribution is 5.87. The quantitative estimate of drug-likeness (QED) is 0.882. The molecule has 0 aliphatic carbocycles. The number of hydrogen-bond acceptors (Lipinski definition) is 6. The molecule has 0 fully saturated rings. The lowest BCUT2D eigenvalue weighted by molar-refractivity contribution is 0.372. The van der Waals surface area contributed by atoms with Crippen LogP contribution in [-0.4, -0.2) is 40.7 Å². The molecule has 0 aliphatic rings. The van der Waals surface area contributed by atoms with Crippen molar-refractivity contribution in [3.8, 4) is 45.6 Å². The maximum Gasteiger partial charge on any atom is 0.134 e. The third-order valence-corrected chi connectivity index (χ3v) is 3.46. The van der Waals surface area contributed by atoms with Crippen LogP contribution >= 0.6 is 0 Å². The van der Waals surface area contributed by atoms with E-state index in [2.05, 4.69) is 0 Å². The molecule has 0 unspecified atom stereocenters. The molecule has 0 spiro atoms. The molecule has 0 heterocycles. The van der Waals surface area contributed by atoms with Crippen LogP contribution in [0.25, 0.3) is 11.1 Å². The number of methoxy groups -OCH3 is 5. The fourth-order valence-corrected chi connectivity index (χ4v) is 2.40. The molecule has 2 rings (SSSR count). The monoisotopic (exact) mass is 320 g/mol. The van der Waals surface area contributed by atoms with Crippen LogP contribution in [0, 0.1) is 0 Å². The average molecular weight is 320 g/mol. The summed E-state index contributed by atoms with van der Waals surface area (Å²) in [6, 6.07) is 6.48. The van der Waals surface area contributed by atoms with Crippen molar-refractivity contribution in [1.82, 2.24) is 0 Å². The van der Waals surface area contributed by atoms with Crippen LogP contribution in [0.5, 0.6) is 34.5 Å². The highest BCUT2D eigenvalue weighted by Crippen LogP contribution is 2.50. The largest absolute Gasteiger partial charge is 0.508 e. The summed E-state index contributed by atoms with van der Waals surface area (Å²) in [7, 11) is 7.70. The van der Waals surface area contributed by atoms with Crippen LogP contribution in [0.15, 0.2) is 24.3 Å². The summed E-state index contributed by atoms with van der Waals surface area (Å²) in [5, 5.41) is 9.82. The molecule has 0 saturated heterocycles. The van der Waals surface area contributed by atoms with Gasteiger partial charge in [-0.15, -0.1) is 0 Å². The molecule has 0 atom stereocenters. The molecular weight excluding hydrogens is 300 g/mol. The van der Waals surface area contributed by atoms with E-state index in [4.69, 9.17) is 23.7 Å². The van der Waals surface area contributed by atoms with Crippen molar-refractivity contribution in [1.29, 1.82) is 0 Å². The second kappa shape index (κ2) is 7.00. The van der Waals surface area contributed by atoms with Gasteiger partial charge in [-0.3, -0.25) is 0 Å². The van der Waals surface area contributed by atoms with Gasteiger partial charge in [-0.2, -0.15) is 0 Å². The third-order valence-electron chi connectivity index (χ3n) is 3.46. The minimum atomic E-state index is 0.0360. The number of phenols is 1. The Labute approximate surface area is 135 Å². The second-order valence-corrected chi connectivity index (χ2v) is 4.63. The fraction of sp³-hybridized carbons (Fsp3) is 0.294. The maximum atomic E-state index is 9.82. The van der Waals surface area contributed by atoms with Crippen molar-refractivity contribution in [3.63, 3.8) is 0 Å². The van der Waals surface area contributed by atoms with E-state index in [1.807, 2.05) is 0 Å². The summed E-state index contributed by atoms with van der Waals surface area (Å²) in [5.41, 5.74) is 1.26. The lowest BCUT2D eigenvalue weighted by Gasteiger charge is -2.19. The van der Waals surface area contributed by atoms with E-state index in [1.54, 1.807) is 33.5 Å². The van der Waals surface area contributed by atoms with Gasteiger partial charge in [-0.25, -0.2) is 0 Å². The highest BCUT2D eigenvalue weighted by Gasteiger charge is 2.23. The van der Waals surface area contributed by atoms with E-state index in [0.29, 0.717) is 39.9 Å². The van der Waals surface area contributed by atoms with Crippen LogP contribution < -0.4 is 23.7 Å². The van der Waals surface area contributed by atoms with E-state index >= 15 is 0 Å². The van der Waals surface area contributed by atoms with Crippen LogP contribution in [0.2, 0.25) is 0 Å². The number of phenolic OH excluding ortho intramolecular Hbond substituents is 1. The Kier molecular flexibility index (Phi) is 5.05. The number of aromatic hydroxyl groups is 1. The second-order valence-electron chi connectivity index (χ2n) is 4.63. The molecule has 2 aromatic carbocycles. The third kappa shape index (κ3) is 3.06. The molecule has 0 saturated carbocycles. The Hall–Kier alpha value is -2.76. The SMILES string of the molecule is COc1cc(OC)c(-c2c(OC)cc(O)cc2OC)c(OC)c1. The molecule has 0 aliphatic heterocycles. The number of hydrogen-bond donors (Lipinski definition) is 1.